The van der Waals surface area contributed by atoms with Crippen molar-refractivity contribution < 1.29 is 20.1 Å². The molecular weight excluding hydrogens is 731 g/mol. The molecule has 0 saturated carbocycles. The minimum atomic E-state index is 0. The van der Waals surface area contributed by atoms with E-state index in [1.807, 2.05) is 60.7 Å². The molecule has 9 aromatic rings. The van der Waals surface area contributed by atoms with Crippen LogP contribution in [0.3, 0.4) is 0 Å². The summed E-state index contributed by atoms with van der Waals surface area (Å²) < 4.78 is 4.56. The van der Waals surface area contributed by atoms with Gasteiger partial charge in [0.1, 0.15) is 5.82 Å². The summed E-state index contributed by atoms with van der Waals surface area (Å²) in [5, 5.41) is 0.978. The molecule has 5 aromatic carbocycles. The molecule has 219 valence electrons. The fourth-order valence-corrected chi connectivity index (χ4v) is 6.16. The predicted molar refractivity (Wildman–Crippen MR) is 179 cm³/mol. The molecule has 45 heavy (non-hydrogen) atoms. The number of benzene rings is 5. The van der Waals surface area contributed by atoms with Gasteiger partial charge in [-0.05, 0) is 66.5 Å². The minimum absolute atomic E-state index is 0. The van der Waals surface area contributed by atoms with E-state index >= 15 is 0 Å². The third-order valence-electron chi connectivity index (χ3n) is 8.11. The van der Waals surface area contributed by atoms with Crippen LogP contribution in [0.4, 0.5) is 0 Å². The Kier molecular flexibility index (Phi) is 7.46. The van der Waals surface area contributed by atoms with Crippen LogP contribution in [0.2, 0.25) is 0 Å². The SMILES string of the molecule is Cc1cccc(C)c1-c1nc2cccc3c2n1c1ccc[c-]c1c1nc2ccccc2n31.[Ir].[c-]1ccccc1-c1ccccn1. The van der Waals surface area contributed by atoms with Crippen LogP contribution in [0.1, 0.15) is 11.1 Å². The van der Waals surface area contributed by atoms with Crippen LogP contribution in [0.25, 0.3) is 66.8 Å². The van der Waals surface area contributed by atoms with Gasteiger partial charge in [-0.25, -0.2) is 4.98 Å². The van der Waals surface area contributed by atoms with Gasteiger partial charge in [0.05, 0.1) is 33.2 Å². The standard InChI is InChI=1S/C28H19N4.C11H8N.Ir/c1-17-9-7-10-18(2)25(17)28-30-21-13-8-16-24-26(21)32(28)22-14-5-3-11-19(22)27-29-20-12-4-6-15-23(20)31(24)27;1-2-6-10(7-3-1)11-8-4-5-9-12-11;/h3-10,12-16H,1-2H3;1-6,8-9H;/q2*-1;. The molecule has 6 heteroatoms. The van der Waals surface area contributed by atoms with Crippen LogP contribution >= 0.6 is 0 Å². The van der Waals surface area contributed by atoms with Gasteiger partial charge in [-0.1, -0.05) is 53.9 Å². The second-order valence-corrected chi connectivity index (χ2v) is 10.9. The fraction of sp³-hybridized carbons (Fsp3) is 0.0513. The van der Waals surface area contributed by atoms with E-state index < -0.39 is 0 Å². The molecule has 1 radical (unpaired) electrons. The molecule has 9 rings (SSSR count). The molecule has 0 aliphatic heterocycles. The maximum atomic E-state index is 5.17. The number of aryl methyl sites for hydroxylation is 2. The maximum absolute atomic E-state index is 5.17. The van der Waals surface area contributed by atoms with Gasteiger partial charge in [0, 0.05) is 31.9 Å². The maximum Gasteiger partial charge on any atom is 0.137 e. The smallest absolute Gasteiger partial charge is 0.137 e. The summed E-state index contributed by atoms with van der Waals surface area (Å²) in [7, 11) is 0. The number of fused-ring (bicyclic) bond motifs is 7. The zero-order valence-corrected chi connectivity index (χ0v) is 27.1. The number of hydrogen-bond acceptors (Lipinski definition) is 3. The molecule has 0 fully saturated rings. The van der Waals surface area contributed by atoms with Gasteiger partial charge in [-0.15, -0.1) is 60.2 Å². The van der Waals surface area contributed by atoms with E-state index in [-0.39, 0.29) is 20.1 Å². The Balaban J connectivity index is 0.000000211. The molecule has 4 aromatic heterocycles. The average molecular weight is 758 g/mol. The summed E-state index contributed by atoms with van der Waals surface area (Å²) in [6, 6.07) is 47.5. The van der Waals surface area contributed by atoms with Crippen molar-refractivity contribution >= 4 is 44.1 Å². The Morgan fingerprint density at radius 2 is 1.29 bits per heavy atom. The Morgan fingerprint density at radius 3 is 2.09 bits per heavy atom. The molecule has 0 spiro atoms. The van der Waals surface area contributed by atoms with Gasteiger partial charge in [0.15, 0.2) is 0 Å². The molecular formula is C39H27IrN5-2. The monoisotopic (exact) mass is 758 g/mol. The van der Waals surface area contributed by atoms with E-state index in [0.717, 1.165) is 61.2 Å². The number of aromatic nitrogens is 5. The molecule has 4 heterocycles. The van der Waals surface area contributed by atoms with E-state index in [2.05, 4.69) is 100 Å². The summed E-state index contributed by atoms with van der Waals surface area (Å²) >= 11 is 0. The van der Waals surface area contributed by atoms with Crippen molar-refractivity contribution in [3.05, 3.63) is 151 Å². The van der Waals surface area contributed by atoms with E-state index in [4.69, 9.17) is 9.97 Å². The molecule has 0 N–H and O–H groups in total. The normalized spacial score (nSPS) is 11.2. The summed E-state index contributed by atoms with van der Waals surface area (Å²) in [5.74, 6) is 0.957. The van der Waals surface area contributed by atoms with E-state index in [0.29, 0.717) is 0 Å². The third kappa shape index (κ3) is 4.80. The van der Waals surface area contributed by atoms with Crippen molar-refractivity contribution in [3.63, 3.8) is 0 Å². The second kappa shape index (κ2) is 11.7. The fourth-order valence-electron chi connectivity index (χ4n) is 6.16. The van der Waals surface area contributed by atoms with Crippen molar-refractivity contribution in [3.8, 4) is 22.6 Å². The Hall–Kier alpha value is -5.16. The van der Waals surface area contributed by atoms with Gasteiger partial charge in [0.25, 0.3) is 0 Å². The van der Waals surface area contributed by atoms with Gasteiger partial charge in [-0.3, -0.25) is 4.98 Å². The van der Waals surface area contributed by atoms with E-state index in [1.165, 1.54) is 16.7 Å². The molecule has 0 unspecified atom stereocenters. The number of pyridine rings is 1. The molecule has 0 atom stereocenters. The number of rotatable bonds is 2. The van der Waals surface area contributed by atoms with Gasteiger partial charge in [0.2, 0.25) is 0 Å². The molecule has 0 saturated heterocycles. The first kappa shape index (κ1) is 28.6. The van der Waals surface area contributed by atoms with Crippen LogP contribution < -0.4 is 0 Å². The summed E-state index contributed by atoms with van der Waals surface area (Å²) in [6.07, 6.45) is 1.79. The molecule has 0 aliphatic carbocycles. The zero-order valence-electron chi connectivity index (χ0n) is 24.7. The van der Waals surface area contributed by atoms with Crippen molar-refractivity contribution in [2.45, 2.75) is 13.8 Å². The van der Waals surface area contributed by atoms with Crippen LogP contribution in [0.15, 0.2) is 128 Å². The van der Waals surface area contributed by atoms with Crippen LogP contribution in [-0.2, 0) is 20.1 Å². The number of para-hydroxylation sites is 3. The molecule has 0 aliphatic rings. The Bertz CT molecular complexity index is 2400. The van der Waals surface area contributed by atoms with Crippen molar-refractivity contribution in [2.75, 3.05) is 0 Å². The summed E-state index contributed by atoms with van der Waals surface area (Å²) in [5.41, 5.74) is 12.8. The first-order chi connectivity index (χ1) is 21.7. The molecule has 5 nitrogen and oxygen atoms in total. The Morgan fingerprint density at radius 1 is 0.578 bits per heavy atom. The van der Waals surface area contributed by atoms with Gasteiger partial charge >= 0.3 is 0 Å². The zero-order chi connectivity index (χ0) is 29.6. The van der Waals surface area contributed by atoms with E-state index in [1.54, 1.807) is 6.20 Å². The van der Waals surface area contributed by atoms with E-state index in [9.17, 15) is 0 Å². The summed E-state index contributed by atoms with van der Waals surface area (Å²) in [6.45, 7) is 4.31. The van der Waals surface area contributed by atoms with Crippen LogP contribution in [0.5, 0.6) is 0 Å². The largest absolute Gasteiger partial charge is 0.332 e. The predicted octanol–water partition coefficient (Wildman–Crippen LogP) is 9.07. The number of nitrogens with zero attached hydrogens (tertiary/aromatic N) is 5. The summed E-state index contributed by atoms with van der Waals surface area (Å²) in [4.78, 5) is 14.4. The minimum Gasteiger partial charge on any atom is -0.332 e. The van der Waals surface area contributed by atoms with Crippen LogP contribution in [0, 0.1) is 26.0 Å². The number of imidazole rings is 2. The number of hydrogen-bond donors (Lipinski definition) is 0. The van der Waals surface area contributed by atoms with Crippen molar-refractivity contribution in [2.24, 2.45) is 0 Å². The first-order valence-electron chi connectivity index (χ1n) is 14.6. The molecule has 0 amide bonds. The third-order valence-corrected chi connectivity index (χ3v) is 8.11. The van der Waals surface area contributed by atoms with Crippen molar-refractivity contribution in [1.82, 2.24) is 23.8 Å². The first-order valence-corrected chi connectivity index (χ1v) is 14.6. The topological polar surface area (TPSA) is 47.5 Å². The van der Waals surface area contributed by atoms with Gasteiger partial charge < -0.3 is 13.8 Å². The van der Waals surface area contributed by atoms with Gasteiger partial charge in [-0.2, -0.15) is 0 Å². The average Bonchev–Trinajstić information content (AvgIpc) is 3.61. The second-order valence-electron chi connectivity index (χ2n) is 10.9. The van der Waals surface area contributed by atoms with Crippen molar-refractivity contribution in [1.29, 1.82) is 0 Å². The Labute approximate surface area is 274 Å². The quantitative estimate of drug-likeness (QED) is 0.166. The van der Waals surface area contributed by atoms with Crippen LogP contribution in [-0.4, -0.2) is 23.8 Å². The molecule has 0 bridgehead atoms.